The van der Waals surface area contributed by atoms with E-state index in [2.05, 4.69) is 20.7 Å². The Hall–Kier alpha value is -1.68. The Bertz CT molecular complexity index is 778. The van der Waals surface area contributed by atoms with Crippen molar-refractivity contribution in [2.45, 2.75) is 24.3 Å². The molecule has 0 spiro atoms. The molecule has 0 saturated carbocycles. The second kappa shape index (κ2) is 7.05. The van der Waals surface area contributed by atoms with Crippen molar-refractivity contribution >= 4 is 26.0 Å². The minimum absolute atomic E-state index is 0.155. The summed E-state index contributed by atoms with van der Waals surface area (Å²) in [6.45, 7) is 1.92. The predicted octanol–water partition coefficient (Wildman–Crippen LogP) is 3.75. The molecule has 0 saturated heterocycles. The lowest BCUT2D eigenvalue weighted by Gasteiger charge is -2.17. The number of hydrogen-bond acceptors (Lipinski definition) is 3. The van der Waals surface area contributed by atoms with Crippen LogP contribution in [0.4, 0.5) is 0 Å². The molecule has 2 aromatic rings. The number of benzene rings is 2. The standard InChI is InChI=1S/C16H15BrN2O2S/c1-2-16(13-5-7-14(17)8-6-13)19-22(20,21)15-9-3-12(11-18)4-10-15/h3-10,16,19H,2H2,1H3/t16-/m1/s1. The fourth-order valence-electron chi connectivity index (χ4n) is 2.05. The molecule has 22 heavy (non-hydrogen) atoms. The highest BCUT2D eigenvalue weighted by Gasteiger charge is 2.20. The molecule has 114 valence electrons. The monoisotopic (exact) mass is 378 g/mol. The lowest BCUT2D eigenvalue weighted by atomic mass is 10.1. The van der Waals surface area contributed by atoms with Gasteiger partial charge in [0.05, 0.1) is 16.5 Å². The quantitative estimate of drug-likeness (QED) is 0.860. The van der Waals surface area contributed by atoms with E-state index in [-0.39, 0.29) is 10.9 Å². The van der Waals surface area contributed by atoms with Crippen LogP contribution in [0, 0.1) is 11.3 Å². The van der Waals surface area contributed by atoms with E-state index in [0.717, 1.165) is 10.0 Å². The second-order valence-electron chi connectivity index (χ2n) is 4.77. The average molecular weight is 379 g/mol. The second-order valence-corrected chi connectivity index (χ2v) is 7.40. The van der Waals surface area contributed by atoms with Crippen molar-refractivity contribution < 1.29 is 8.42 Å². The van der Waals surface area contributed by atoms with Gasteiger partial charge in [-0.25, -0.2) is 13.1 Å². The third-order valence-corrected chi connectivity index (χ3v) is 5.29. The van der Waals surface area contributed by atoms with Crippen molar-refractivity contribution in [2.24, 2.45) is 0 Å². The Kier molecular flexibility index (Phi) is 5.35. The number of rotatable bonds is 5. The summed E-state index contributed by atoms with van der Waals surface area (Å²) < 4.78 is 28.5. The Morgan fingerprint density at radius 2 is 1.73 bits per heavy atom. The van der Waals surface area contributed by atoms with Crippen LogP contribution >= 0.6 is 15.9 Å². The highest BCUT2D eigenvalue weighted by atomic mass is 79.9. The molecule has 2 rings (SSSR count). The van der Waals surface area contributed by atoms with Gasteiger partial charge in [-0.2, -0.15) is 5.26 Å². The highest BCUT2D eigenvalue weighted by Crippen LogP contribution is 2.22. The van der Waals surface area contributed by atoms with E-state index in [9.17, 15) is 8.42 Å². The van der Waals surface area contributed by atoms with Gasteiger partial charge in [0, 0.05) is 10.5 Å². The minimum Gasteiger partial charge on any atom is -0.207 e. The van der Waals surface area contributed by atoms with Gasteiger partial charge in [0.25, 0.3) is 0 Å². The lowest BCUT2D eigenvalue weighted by Crippen LogP contribution is -2.28. The average Bonchev–Trinajstić information content (AvgIpc) is 2.53. The molecule has 0 amide bonds. The first-order valence-electron chi connectivity index (χ1n) is 6.74. The minimum atomic E-state index is -3.63. The Balaban J connectivity index is 2.25. The van der Waals surface area contributed by atoms with E-state index in [0.29, 0.717) is 12.0 Å². The summed E-state index contributed by atoms with van der Waals surface area (Å²) in [5, 5.41) is 8.77. The fourth-order valence-corrected chi connectivity index (χ4v) is 3.62. The van der Waals surface area contributed by atoms with E-state index in [4.69, 9.17) is 5.26 Å². The molecule has 0 aliphatic carbocycles. The van der Waals surface area contributed by atoms with Crippen LogP contribution in [0.25, 0.3) is 0 Å². The van der Waals surface area contributed by atoms with Crippen molar-refractivity contribution in [2.75, 3.05) is 0 Å². The Morgan fingerprint density at radius 3 is 2.23 bits per heavy atom. The first-order valence-corrected chi connectivity index (χ1v) is 9.02. The number of nitrogens with one attached hydrogen (secondary N) is 1. The number of nitriles is 1. The molecule has 4 nitrogen and oxygen atoms in total. The zero-order valence-electron chi connectivity index (χ0n) is 12.0. The van der Waals surface area contributed by atoms with Gasteiger partial charge in [0.2, 0.25) is 10.0 Å². The lowest BCUT2D eigenvalue weighted by molar-refractivity contribution is 0.550. The van der Waals surface area contributed by atoms with Crippen LogP contribution in [-0.2, 0) is 10.0 Å². The molecule has 0 bridgehead atoms. The molecule has 0 aliphatic heterocycles. The van der Waals surface area contributed by atoms with E-state index >= 15 is 0 Å². The van der Waals surface area contributed by atoms with Crippen molar-refractivity contribution in [3.63, 3.8) is 0 Å². The third kappa shape index (κ3) is 3.95. The van der Waals surface area contributed by atoms with Gasteiger partial charge in [-0.3, -0.25) is 0 Å². The third-order valence-electron chi connectivity index (χ3n) is 3.27. The van der Waals surface area contributed by atoms with Gasteiger partial charge >= 0.3 is 0 Å². The molecular weight excluding hydrogens is 364 g/mol. The fraction of sp³-hybridized carbons (Fsp3) is 0.188. The van der Waals surface area contributed by atoms with E-state index in [1.807, 2.05) is 37.3 Å². The summed E-state index contributed by atoms with van der Waals surface area (Å²) in [6.07, 6.45) is 0.636. The summed E-state index contributed by atoms with van der Waals surface area (Å²) in [7, 11) is -3.63. The van der Waals surface area contributed by atoms with Gasteiger partial charge < -0.3 is 0 Å². The molecule has 0 aromatic heterocycles. The molecule has 0 radical (unpaired) electrons. The van der Waals surface area contributed by atoms with Crippen molar-refractivity contribution in [3.8, 4) is 6.07 Å². The summed E-state index contributed by atoms with van der Waals surface area (Å²) in [6, 6.07) is 15.1. The van der Waals surface area contributed by atoms with Crippen LogP contribution in [-0.4, -0.2) is 8.42 Å². The molecule has 0 heterocycles. The Labute approximate surface area is 139 Å². The Morgan fingerprint density at radius 1 is 1.14 bits per heavy atom. The number of halogens is 1. The number of sulfonamides is 1. The van der Waals surface area contributed by atoms with Crippen LogP contribution in [0.15, 0.2) is 57.9 Å². The maximum absolute atomic E-state index is 12.4. The molecule has 6 heteroatoms. The van der Waals surface area contributed by atoms with E-state index < -0.39 is 10.0 Å². The smallest absolute Gasteiger partial charge is 0.207 e. The van der Waals surface area contributed by atoms with Gasteiger partial charge in [-0.15, -0.1) is 0 Å². The van der Waals surface area contributed by atoms with Gasteiger partial charge in [0.15, 0.2) is 0 Å². The van der Waals surface area contributed by atoms with Crippen LogP contribution in [0.3, 0.4) is 0 Å². The molecule has 0 unspecified atom stereocenters. The summed E-state index contributed by atoms with van der Waals surface area (Å²) in [5.41, 5.74) is 1.34. The molecule has 0 aliphatic rings. The van der Waals surface area contributed by atoms with Gasteiger partial charge in [-0.1, -0.05) is 35.0 Å². The molecule has 0 fully saturated rings. The zero-order chi connectivity index (χ0) is 16.2. The van der Waals surface area contributed by atoms with E-state index in [1.54, 1.807) is 0 Å². The highest BCUT2D eigenvalue weighted by molar-refractivity contribution is 9.10. The molecule has 1 N–H and O–H groups in total. The topological polar surface area (TPSA) is 70.0 Å². The number of nitrogens with zero attached hydrogens (tertiary/aromatic N) is 1. The van der Waals surface area contributed by atoms with Crippen molar-refractivity contribution in [1.82, 2.24) is 4.72 Å². The van der Waals surface area contributed by atoms with Crippen LogP contribution in [0.5, 0.6) is 0 Å². The molecule has 1 atom stereocenters. The van der Waals surface area contributed by atoms with Gasteiger partial charge in [-0.05, 0) is 48.4 Å². The largest absolute Gasteiger partial charge is 0.241 e. The van der Waals surface area contributed by atoms with Gasteiger partial charge in [0.1, 0.15) is 0 Å². The van der Waals surface area contributed by atoms with Crippen LogP contribution in [0.2, 0.25) is 0 Å². The SMILES string of the molecule is CC[C@@H](NS(=O)(=O)c1ccc(C#N)cc1)c1ccc(Br)cc1. The molecular formula is C16H15BrN2O2S. The summed E-state index contributed by atoms with van der Waals surface area (Å²) >= 11 is 3.36. The summed E-state index contributed by atoms with van der Waals surface area (Å²) in [5.74, 6) is 0. The van der Waals surface area contributed by atoms with Crippen molar-refractivity contribution in [3.05, 3.63) is 64.1 Å². The van der Waals surface area contributed by atoms with Crippen LogP contribution in [0.1, 0.15) is 30.5 Å². The maximum atomic E-state index is 12.4. The first kappa shape index (κ1) is 16.7. The maximum Gasteiger partial charge on any atom is 0.241 e. The van der Waals surface area contributed by atoms with E-state index in [1.165, 1.54) is 24.3 Å². The number of hydrogen-bond donors (Lipinski definition) is 1. The normalized spacial score (nSPS) is 12.6. The van der Waals surface area contributed by atoms with Crippen molar-refractivity contribution in [1.29, 1.82) is 5.26 Å². The first-order chi connectivity index (χ1) is 10.5. The predicted molar refractivity (Wildman–Crippen MR) is 88.7 cm³/mol. The molecule has 2 aromatic carbocycles. The zero-order valence-corrected chi connectivity index (χ0v) is 14.4. The summed E-state index contributed by atoms with van der Waals surface area (Å²) in [4.78, 5) is 0.155. The van der Waals surface area contributed by atoms with Crippen LogP contribution < -0.4 is 4.72 Å².